The lowest BCUT2D eigenvalue weighted by atomic mass is 10.1. The van der Waals surface area contributed by atoms with Gasteiger partial charge in [-0.2, -0.15) is 0 Å². The number of fused-ring (bicyclic) bond motifs is 1. The molecule has 1 aromatic carbocycles. The summed E-state index contributed by atoms with van der Waals surface area (Å²) in [7, 11) is 0. The van der Waals surface area contributed by atoms with Gasteiger partial charge in [-0.1, -0.05) is 25.1 Å². The second-order valence-electron chi connectivity index (χ2n) is 6.90. The highest BCUT2D eigenvalue weighted by Gasteiger charge is 2.23. The Morgan fingerprint density at radius 2 is 1.88 bits per heavy atom. The lowest BCUT2D eigenvalue weighted by Crippen LogP contribution is -2.49. The molecule has 25 heavy (non-hydrogen) atoms. The summed E-state index contributed by atoms with van der Waals surface area (Å²) in [5.41, 5.74) is 0.202. The molecule has 0 aliphatic rings. The van der Waals surface area contributed by atoms with E-state index >= 15 is 0 Å². The third-order valence-electron chi connectivity index (χ3n) is 3.88. The number of anilines is 1. The van der Waals surface area contributed by atoms with Crippen LogP contribution >= 0.6 is 0 Å². The molecule has 0 saturated heterocycles. The second kappa shape index (κ2) is 7.59. The molecule has 2 aromatic rings. The van der Waals surface area contributed by atoms with Gasteiger partial charge in [-0.3, -0.25) is 4.79 Å². The standard InChI is InChI=1S/C19H27N3O3/c1-6-16(21-18(24)25-19(3,4)5)22(7-2)15-12-20-17(23)14-11-9-8-10-13(14)15/h8-12,16H,6-7H2,1-5H3,(H,20,23)(H,21,24). The van der Waals surface area contributed by atoms with Crippen LogP contribution in [0.3, 0.4) is 0 Å². The Morgan fingerprint density at radius 3 is 2.44 bits per heavy atom. The number of pyridine rings is 1. The third-order valence-corrected chi connectivity index (χ3v) is 3.88. The molecule has 6 heteroatoms. The fourth-order valence-corrected chi connectivity index (χ4v) is 2.83. The predicted molar refractivity (Wildman–Crippen MR) is 101 cm³/mol. The van der Waals surface area contributed by atoms with Crippen molar-refractivity contribution >= 4 is 22.6 Å². The first-order valence-corrected chi connectivity index (χ1v) is 8.63. The molecule has 0 fully saturated rings. The van der Waals surface area contributed by atoms with Gasteiger partial charge in [0, 0.05) is 23.5 Å². The van der Waals surface area contributed by atoms with Crippen LogP contribution in [0.2, 0.25) is 0 Å². The number of ether oxygens (including phenoxy) is 1. The molecule has 0 aliphatic heterocycles. The molecule has 2 N–H and O–H groups in total. The highest BCUT2D eigenvalue weighted by atomic mass is 16.6. The fourth-order valence-electron chi connectivity index (χ4n) is 2.83. The molecule has 1 heterocycles. The van der Waals surface area contributed by atoms with Crippen LogP contribution < -0.4 is 15.8 Å². The van der Waals surface area contributed by atoms with Crippen molar-refractivity contribution in [3.8, 4) is 0 Å². The van der Waals surface area contributed by atoms with Gasteiger partial charge < -0.3 is 19.9 Å². The van der Waals surface area contributed by atoms with E-state index in [1.807, 2.05) is 52.8 Å². The summed E-state index contributed by atoms with van der Waals surface area (Å²) in [5, 5.41) is 4.41. The van der Waals surface area contributed by atoms with E-state index in [1.165, 1.54) is 0 Å². The average molecular weight is 345 g/mol. The van der Waals surface area contributed by atoms with Crippen LogP contribution in [0.5, 0.6) is 0 Å². The number of H-pyrrole nitrogens is 1. The number of carbonyl (C=O) groups is 1. The molecule has 0 radical (unpaired) electrons. The quantitative estimate of drug-likeness (QED) is 0.812. The average Bonchev–Trinajstić information content (AvgIpc) is 2.55. The molecular weight excluding hydrogens is 318 g/mol. The normalized spacial score (nSPS) is 12.7. The van der Waals surface area contributed by atoms with Crippen molar-refractivity contribution in [2.24, 2.45) is 0 Å². The maximum absolute atomic E-state index is 12.2. The largest absolute Gasteiger partial charge is 0.444 e. The van der Waals surface area contributed by atoms with Gasteiger partial charge >= 0.3 is 6.09 Å². The molecular formula is C19H27N3O3. The van der Waals surface area contributed by atoms with Crippen molar-refractivity contribution < 1.29 is 9.53 Å². The van der Waals surface area contributed by atoms with E-state index in [1.54, 1.807) is 12.3 Å². The summed E-state index contributed by atoms with van der Waals surface area (Å²) in [6.07, 6.45) is 1.70. The van der Waals surface area contributed by atoms with Gasteiger partial charge in [0.05, 0.1) is 5.69 Å². The van der Waals surface area contributed by atoms with E-state index < -0.39 is 11.7 Å². The molecule has 0 saturated carbocycles. The monoisotopic (exact) mass is 345 g/mol. The second-order valence-corrected chi connectivity index (χ2v) is 6.90. The Labute approximate surface area is 148 Å². The summed E-state index contributed by atoms with van der Waals surface area (Å²) < 4.78 is 5.37. The van der Waals surface area contributed by atoms with E-state index in [2.05, 4.69) is 15.2 Å². The molecule has 1 aromatic heterocycles. The number of amides is 1. The minimum Gasteiger partial charge on any atom is -0.444 e. The van der Waals surface area contributed by atoms with Crippen LogP contribution in [0.4, 0.5) is 10.5 Å². The Morgan fingerprint density at radius 1 is 1.24 bits per heavy atom. The number of alkyl carbamates (subject to hydrolysis) is 1. The zero-order chi connectivity index (χ0) is 18.6. The molecule has 2 rings (SSSR count). The zero-order valence-corrected chi connectivity index (χ0v) is 15.6. The van der Waals surface area contributed by atoms with E-state index in [0.29, 0.717) is 18.4 Å². The smallest absolute Gasteiger partial charge is 0.409 e. The summed E-state index contributed by atoms with van der Waals surface area (Å²) in [6, 6.07) is 7.46. The number of hydrogen-bond acceptors (Lipinski definition) is 4. The summed E-state index contributed by atoms with van der Waals surface area (Å²) in [4.78, 5) is 29.1. The maximum Gasteiger partial charge on any atom is 0.409 e. The van der Waals surface area contributed by atoms with Crippen molar-refractivity contribution in [1.29, 1.82) is 0 Å². The van der Waals surface area contributed by atoms with E-state index in [0.717, 1.165) is 11.1 Å². The number of nitrogens with one attached hydrogen (secondary N) is 2. The van der Waals surface area contributed by atoms with E-state index in [-0.39, 0.29) is 11.7 Å². The van der Waals surface area contributed by atoms with Crippen LogP contribution in [0.1, 0.15) is 41.0 Å². The van der Waals surface area contributed by atoms with Gasteiger partial charge in [-0.15, -0.1) is 0 Å². The first kappa shape index (κ1) is 18.8. The maximum atomic E-state index is 12.2. The highest BCUT2D eigenvalue weighted by molar-refractivity contribution is 5.93. The molecule has 1 unspecified atom stereocenters. The molecule has 1 atom stereocenters. The van der Waals surface area contributed by atoms with Crippen molar-refractivity contribution in [2.75, 3.05) is 11.4 Å². The SMILES string of the molecule is CCC(NC(=O)OC(C)(C)C)N(CC)c1c[nH]c(=O)c2ccccc12. The van der Waals surface area contributed by atoms with E-state index in [4.69, 9.17) is 4.74 Å². The summed E-state index contributed by atoms with van der Waals surface area (Å²) in [5.74, 6) is 0. The molecule has 1 amide bonds. The van der Waals surface area contributed by atoms with Crippen LogP contribution in [-0.4, -0.2) is 29.4 Å². The van der Waals surface area contributed by atoms with Gasteiger partial charge in [-0.25, -0.2) is 4.79 Å². The number of aromatic amines is 1. The van der Waals surface area contributed by atoms with Gasteiger partial charge in [0.15, 0.2) is 0 Å². The number of hydrogen-bond donors (Lipinski definition) is 2. The minimum absolute atomic E-state index is 0.122. The lowest BCUT2D eigenvalue weighted by molar-refractivity contribution is 0.0502. The molecule has 0 spiro atoms. The third kappa shape index (κ3) is 4.53. The van der Waals surface area contributed by atoms with Gasteiger partial charge in [-0.05, 0) is 40.2 Å². The Bertz CT molecular complexity index is 792. The van der Waals surface area contributed by atoms with Crippen LogP contribution in [-0.2, 0) is 4.74 Å². The number of nitrogens with zero attached hydrogens (tertiary/aromatic N) is 1. The highest BCUT2D eigenvalue weighted by Crippen LogP contribution is 2.25. The number of rotatable bonds is 5. The molecule has 6 nitrogen and oxygen atoms in total. The van der Waals surface area contributed by atoms with Crippen molar-refractivity contribution in [3.63, 3.8) is 0 Å². The van der Waals surface area contributed by atoms with Crippen molar-refractivity contribution in [1.82, 2.24) is 10.3 Å². The zero-order valence-electron chi connectivity index (χ0n) is 15.6. The van der Waals surface area contributed by atoms with Crippen molar-refractivity contribution in [3.05, 3.63) is 40.8 Å². The van der Waals surface area contributed by atoms with E-state index in [9.17, 15) is 9.59 Å². The Hall–Kier alpha value is -2.50. The Kier molecular flexibility index (Phi) is 5.72. The Balaban J connectivity index is 2.36. The molecule has 0 aliphatic carbocycles. The van der Waals surface area contributed by atoms with Crippen molar-refractivity contribution in [2.45, 2.75) is 52.8 Å². The first-order chi connectivity index (χ1) is 11.8. The first-order valence-electron chi connectivity index (χ1n) is 8.63. The fraction of sp³-hybridized carbons (Fsp3) is 0.474. The number of carbonyl (C=O) groups excluding carboxylic acids is 1. The summed E-state index contributed by atoms with van der Waals surface area (Å²) in [6.45, 7) is 10.2. The van der Waals surface area contributed by atoms with Crippen LogP contribution in [0, 0.1) is 0 Å². The van der Waals surface area contributed by atoms with Gasteiger partial charge in [0.2, 0.25) is 0 Å². The lowest BCUT2D eigenvalue weighted by Gasteiger charge is -2.33. The van der Waals surface area contributed by atoms with Gasteiger partial charge in [0.25, 0.3) is 5.56 Å². The van der Waals surface area contributed by atoms with Crippen LogP contribution in [0.15, 0.2) is 35.3 Å². The summed E-state index contributed by atoms with van der Waals surface area (Å²) >= 11 is 0. The topological polar surface area (TPSA) is 74.4 Å². The number of benzene rings is 1. The predicted octanol–water partition coefficient (Wildman–Crippen LogP) is 3.62. The van der Waals surface area contributed by atoms with Crippen LogP contribution in [0.25, 0.3) is 10.8 Å². The number of aromatic nitrogens is 1. The molecule has 136 valence electrons. The minimum atomic E-state index is -0.551. The van der Waals surface area contributed by atoms with Gasteiger partial charge in [0.1, 0.15) is 11.8 Å². The molecule has 0 bridgehead atoms.